The molecule has 68 heavy (non-hydrogen) atoms. The predicted molar refractivity (Wildman–Crippen MR) is 278 cm³/mol. The van der Waals surface area contributed by atoms with Crippen molar-refractivity contribution in [2.45, 2.75) is 294 Å². The van der Waals surface area contributed by atoms with Gasteiger partial charge in [0.1, 0.15) is 24.4 Å². The Morgan fingerprint density at radius 3 is 1.46 bits per heavy atom. The van der Waals surface area contributed by atoms with Crippen LogP contribution in [0.3, 0.4) is 0 Å². The van der Waals surface area contributed by atoms with Crippen molar-refractivity contribution in [2.75, 3.05) is 19.8 Å². The molecule has 0 radical (unpaired) electrons. The summed E-state index contributed by atoms with van der Waals surface area (Å²) in [7, 11) is 0. The van der Waals surface area contributed by atoms with Gasteiger partial charge in [-0.3, -0.25) is 9.59 Å². The Balaban J connectivity index is 2.16. The van der Waals surface area contributed by atoms with Crippen molar-refractivity contribution in [3.8, 4) is 0 Å². The summed E-state index contributed by atoms with van der Waals surface area (Å²) in [6, 6.07) is -0.822. The van der Waals surface area contributed by atoms with Crippen molar-refractivity contribution in [2.24, 2.45) is 0 Å². The first-order valence-corrected chi connectivity index (χ1v) is 28.3. The molecular weight excluding hydrogens is 859 g/mol. The Hall–Kier alpha value is -2.12. The maximum Gasteiger partial charge on any atom is 0.305 e. The first-order chi connectivity index (χ1) is 33.2. The van der Waals surface area contributed by atoms with E-state index in [1.807, 2.05) is 6.08 Å². The Bertz CT molecular complexity index is 1230. The first kappa shape index (κ1) is 63.9. The largest absolute Gasteiger partial charge is 0.466 e. The van der Waals surface area contributed by atoms with E-state index in [1.165, 1.54) is 135 Å². The van der Waals surface area contributed by atoms with Crippen LogP contribution in [0, 0.1) is 0 Å². The smallest absolute Gasteiger partial charge is 0.305 e. The van der Waals surface area contributed by atoms with Gasteiger partial charge in [-0.25, -0.2) is 0 Å². The molecule has 1 aliphatic heterocycles. The van der Waals surface area contributed by atoms with Gasteiger partial charge in [0.2, 0.25) is 5.91 Å². The molecule has 0 aromatic heterocycles. The molecule has 398 valence electrons. The molecule has 1 saturated heterocycles. The molecule has 11 heteroatoms. The summed E-state index contributed by atoms with van der Waals surface area (Å²) >= 11 is 0. The van der Waals surface area contributed by atoms with Gasteiger partial charge >= 0.3 is 5.97 Å². The molecule has 0 aromatic carbocycles. The van der Waals surface area contributed by atoms with E-state index in [9.17, 15) is 35.1 Å². The predicted octanol–water partition coefficient (Wildman–Crippen LogP) is 12.3. The van der Waals surface area contributed by atoms with Crippen molar-refractivity contribution < 1.29 is 49.3 Å². The highest BCUT2D eigenvalue weighted by atomic mass is 16.7. The standard InChI is InChI=1S/C57H105NO10/c1-3-5-7-9-11-13-15-20-24-27-31-35-39-43-50(60)49(48-67-57-56(65)55(64)54(63)51(47-59)68-57)58-52(61)44-40-36-32-28-25-21-18-16-17-19-22-26-30-34-38-42-46-66-53(62)45-41-37-33-29-23-14-12-10-8-6-4-2/h10,12,16,18,39,43,49-51,54-57,59-60,63-65H,3-9,11,13-15,17,19-38,40-42,44-48H2,1-2H3,(H,58,61)/b12-10-,18-16-,43-39+. The number of esters is 1. The van der Waals surface area contributed by atoms with Crippen LogP contribution >= 0.6 is 0 Å². The fraction of sp³-hybridized carbons (Fsp3) is 0.860. The molecule has 0 saturated carbocycles. The van der Waals surface area contributed by atoms with E-state index >= 15 is 0 Å². The van der Waals surface area contributed by atoms with E-state index in [0.717, 1.165) is 89.9 Å². The lowest BCUT2D eigenvalue weighted by Crippen LogP contribution is -2.60. The molecule has 0 spiro atoms. The van der Waals surface area contributed by atoms with Crippen LogP contribution in [-0.2, 0) is 23.8 Å². The van der Waals surface area contributed by atoms with Crippen molar-refractivity contribution >= 4 is 11.9 Å². The number of amides is 1. The molecule has 7 unspecified atom stereocenters. The average molecular weight is 964 g/mol. The molecule has 1 fully saturated rings. The van der Waals surface area contributed by atoms with Crippen molar-refractivity contribution in [1.82, 2.24) is 5.32 Å². The molecule has 1 aliphatic rings. The van der Waals surface area contributed by atoms with E-state index in [2.05, 4.69) is 43.5 Å². The van der Waals surface area contributed by atoms with Gasteiger partial charge in [0, 0.05) is 12.8 Å². The van der Waals surface area contributed by atoms with E-state index < -0.39 is 49.5 Å². The first-order valence-electron chi connectivity index (χ1n) is 28.3. The number of ether oxygens (including phenoxy) is 3. The lowest BCUT2D eigenvalue weighted by atomic mass is 9.99. The van der Waals surface area contributed by atoms with Gasteiger partial charge in [-0.2, -0.15) is 0 Å². The number of rotatable bonds is 48. The maximum absolute atomic E-state index is 13.0. The molecule has 1 heterocycles. The lowest BCUT2D eigenvalue weighted by molar-refractivity contribution is -0.302. The van der Waals surface area contributed by atoms with Gasteiger partial charge in [0.15, 0.2) is 6.29 Å². The summed E-state index contributed by atoms with van der Waals surface area (Å²) < 4.78 is 16.7. The number of hydrogen-bond donors (Lipinski definition) is 6. The third kappa shape index (κ3) is 36.8. The van der Waals surface area contributed by atoms with Crippen LogP contribution < -0.4 is 5.32 Å². The van der Waals surface area contributed by atoms with Gasteiger partial charge in [-0.05, 0) is 77.0 Å². The number of aliphatic hydroxyl groups excluding tert-OH is 5. The van der Waals surface area contributed by atoms with Crippen LogP contribution in [0.5, 0.6) is 0 Å². The summed E-state index contributed by atoms with van der Waals surface area (Å²) in [5, 5.41) is 54.3. The third-order valence-electron chi connectivity index (χ3n) is 13.2. The minimum Gasteiger partial charge on any atom is -0.466 e. The number of unbranched alkanes of at least 4 members (excludes halogenated alkanes) is 30. The van der Waals surface area contributed by atoms with E-state index in [-0.39, 0.29) is 18.5 Å². The number of allylic oxidation sites excluding steroid dienone is 5. The number of hydrogen-bond acceptors (Lipinski definition) is 10. The molecule has 11 nitrogen and oxygen atoms in total. The highest BCUT2D eigenvalue weighted by molar-refractivity contribution is 5.76. The van der Waals surface area contributed by atoms with Crippen LogP contribution in [-0.4, -0.2) is 100 Å². The second-order valence-corrected chi connectivity index (χ2v) is 19.6. The Kier molecular flexibility index (Phi) is 44.4. The SMILES string of the molecule is CCCC/C=C\CCCCCCCC(=O)OCCCCCCCCC/C=C\CCCCCCCC(=O)NC(COC1OC(CO)C(O)C(O)C1O)C(O)/C=C/CCCCCCCCCCCCC. The van der Waals surface area contributed by atoms with Gasteiger partial charge in [0.25, 0.3) is 0 Å². The molecule has 7 atom stereocenters. The summed E-state index contributed by atoms with van der Waals surface area (Å²) in [6.45, 7) is 4.26. The molecule has 0 aliphatic carbocycles. The molecule has 0 bridgehead atoms. The lowest BCUT2D eigenvalue weighted by Gasteiger charge is -2.40. The fourth-order valence-electron chi connectivity index (χ4n) is 8.64. The van der Waals surface area contributed by atoms with Crippen LogP contribution in [0.25, 0.3) is 0 Å². The summed E-state index contributed by atoms with van der Waals surface area (Å²) in [5.74, 6) is -0.232. The molecule has 0 aromatic rings. The topological polar surface area (TPSA) is 175 Å². The molecule has 1 amide bonds. The van der Waals surface area contributed by atoms with Crippen molar-refractivity contribution in [1.29, 1.82) is 0 Å². The minimum atomic E-state index is -1.58. The van der Waals surface area contributed by atoms with Crippen molar-refractivity contribution in [3.63, 3.8) is 0 Å². The van der Waals surface area contributed by atoms with Gasteiger partial charge in [0.05, 0.1) is 32.0 Å². The van der Waals surface area contributed by atoms with Crippen LogP contribution in [0.2, 0.25) is 0 Å². The minimum absolute atomic E-state index is 0.0323. The van der Waals surface area contributed by atoms with Crippen LogP contribution in [0.15, 0.2) is 36.5 Å². The third-order valence-corrected chi connectivity index (χ3v) is 13.2. The van der Waals surface area contributed by atoms with Gasteiger partial charge in [-0.15, -0.1) is 0 Å². The quantitative estimate of drug-likeness (QED) is 0.0196. The Labute approximate surface area is 415 Å². The normalized spacial score (nSPS) is 19.7. The zero-order valence-corrected chi connectivity index (χ0v) is 43.6. The number of aliphatic hydroxyl groups is 5. The molecule has 6 N–H and O–H groups in total. The maximum atomic E-state index is 13.0. The summed E-state index contributed by atoms with van der Waals surface area (Å²) in [6.07, 6.45) is 46.4. The van der Waals surface area contributed by atoms with Crippen LogP contribution in [0.1, 0.15) is 251 Å². The van der Waals surface area contributed by atoms with E-state index in [4.69, 9.17) is 14.2 Å². The highest BCUT2D eigenvalue weighted by Gasteiger charge is 2.44. The number of carbonyl (C=O) groups excluding carboxylic acids is 2. The fourth-order valence-corrected chi connectivity index (χ4v) is 8.64. The highest BCUT2D eigenvalue weighted by Crippen LogP contribution is 2.23. The average Bonchev–Trinajstić information content (AvgIpc) is 3.33. The van der Waals surface area contributed by atoms with Crippen LogP contribution in [0.4, 0.5) is 0 Å². The number of carbonyl (C=O) groups is 2. The Morgan fingerprint density at radius 2 is 0.956 bits per heavy atom. The summed E-state index contributed by atoms with van der Waals surface area (Å²) in [4.78, 5) is 25.0. The monoisotopic (exact) mass is 964 g/mol. The van der Waals surface area contributed by atoms with Gasteiger partial charge in [-0.1, -0.05) is 198 Å². The molecular formula is C57H105NO10. The Morgan fingerprint density at radius 1 is 0.529 bits per heavy atom. The van der Waals surface area contributed by atoms with E-state index in [1.54, 1.807) is 6.08 Å². The summed E-state index contributed by atoms with van der Waals surface area (Å²) in [5.41, 5.74) is 0. The second kappa shape index (κ2) is 47.2. The zero-order chi connectivity index (χ0) is 49.6. The second-order valence-electron chi connectivity index (χ2n) is 19.6. The molecule has 1 rings (SSSR count). The van der Waals surface area contributed by atoms with Crippen molar-refractivity contribution in [3.05, 3.63) is 36.5 Å². The zero-order valence-electron chi connectivity index (χ0n) is 43.6. The van der Waals surface area contributed by atoms with Gasteiger partial charge < -0.3 is 45.1 Å². The van der Waals surface area contributed by atoms with E-state index in [0.29, 0.717) is 19.4 Å². The number of nitrogens with one attached hydrogen (secondary N) is 1.